The predicted octanol–water partition coefficient (Wildman–Crippen LogP) is 4.51. The summed E-state index contributed by atoms with van der Waals surface area (Å²) in [5, 5.41) is 11.5. The lowest BCUT2D eigenvalue weighted by Crippen LogP contribution is -2.31. The number of allylic oxidation sites excluding steroid dienone is 1. The summed E-state index contributed by atoms with van der Waals surface area (Å²) in [5.74, 6) is 0.300. The molecule has 1 aliphatic heterocycles. The fourth-order valence-electron chi connectivity index (χ4n) is 3.10. The number of carbonyl (C=O) groups is 1. The first-order chi connectivity index (χ1) is 13.0. The number of aromatic nitrogens is 3. The third-order valence-electron chi connectivity index (χ3n) is 4.34. The molecule has 0 saturated heterocycles. The van der Waals surface area contributed by atoms with E-state index in [4.69, 9.17) is 23.2 Å². The molecule has 0 bridgehead atoms. The Labute approximate surface area is 165 Å². The number of hydrogen-bond acceptors (Lipinski definition) is 4. The first-order valence-corrected chi connectivity index (χ1v) is 8.99. The maximum atomic E-state index is 13.1. The molecule has 1 aliphatic rings. The van der Waals surface area contributed by atoms with Crippen LogP contribution < -0.4 is 10.6 Å². The highest BCUT2D eigenvalue weighted by Gasteiger charge is 2.34. The minimum Gasteiger partial charge on any atom is -0.328 e. The molecule has 0 fully saturated rings. The molecule has 0 aliphatic carbocycles. The van der Waals surface area contributed by atoms with Gasteiger partial charge in [0.25, 0.3) is 5.91 Å². The van der Waals surface area contributed by atoms with Crippen LogP contribution >= 0.6 is 23.2 Å². The van der Waals surface area contributed by atoms with E-state index in [9.17, 15) is 4.79 Å². The Bertz CT molecular complexity index is 1040. The van der Waals surface area contributed by atoms with E-state index in [2.05, 4.69) is 20.7 Å². The average Bonchev–Trinajstić information content (AvgIpc) is 3.11. The topological polar surface area (TPSA) is 71.8 Å². The molecule has 2 aromatic carbocycles. The summed E-state index contributed by atoms with van der Waals surface area (Å²) in [6, 6.07) is 13.8. The number of nitrogens with zero attached hydrogens (tertiary/aromatic N) is 3. The van der Waals surface area contributed by atoms with E-state index >= 15 is 0 Å². The SMILES string of the molecule is CC1=C(C(=O)Nc2ccc(Cl)cc2)C(c2ccccc2Cl)n2ncnc2N1. The summed E-state index contributed by atoms with van der Waals surface area (Å²) in [5.41, 5.74) is 2.61. The quantitative estimate of drug-likeness (QED) is 0.679. The smallest absolute Gasteiger partial charge is 0.255 e. The van der Waals surface area contributed by atoms with E-state index in [0.29, 0.717) is 33.0 Å². The van der Waals surface area contributed by atoms with Crippen molar-refractivity contribution in [1.29, 1.82) is 0 Å². The number of rotatable bonds is 3. The van der Waals surface area contributed by atoms with Crippen molar-refractivity contribution in [2.24, 2.45) is 0 Å². The summed E-state index contributed by atoms with van der Waals surface area (Å²) in [6.07, 6.45) is 1.44. The van der Waals surface area contributed by atoms with Gasteiger partial charge in [0.05, 0.1) is 5.57 Å². The molecule has 6 nitrogen and oxygen atoms in total. The largest absolute Gasteiger partial charge is 0.328 e. The zero-order valence-corrected chi connectivity index (χ0v) is 15.8. The van der Waals surface area contributed by atoms with Gasteiger partial charge in [0.2, 0.25) is 5.95 Å². The van der Waals surface area contributed by atoms with Crippen LogP contribution in [0.15, 0.2) is 66.1 Å². The van der Waals surface area contributed by atoms with Gasteiger partial charge < -0.3 is 10.6 Å². The predicted molar refractivity (Wildman–Crippen MR) is 106 cm³/mol. The number of nitrogens with one attached hydrogen (secondary N) is 2. The van der Waals surface area contributed by atoms with Crippen LogP contribution in [0.25, 0.3) is 0 Å². The van der Waals surface area contributed by atoms with Crippen LogP contribution in [0, 0.1) is 0 Å². The number of anilines is 2. The van der Waals surface area contributed by atoms with Crippen LogP contribution in [-0.2, 0) is 4.79 Å². The summed E-state index contributed by atoms with van der Waals surface area (Å²) < 4.78 is 1.66. The van der Waals surface area contributed by atoms with E-state index in [-0.39, 0.29) is 5.91 Å². The van der Waals surface area contributed by atoms with Gasteiger partial charge in [0.1, 0.15) is 12.4 Å². The monoisotopic (exact) mass is 399 g/mol. The molecule has 8 heteroatoms. The van der Waals surface area contributed by atoms with Crippen LogP contribution in [0.5, 0.6) is 0 Å². The number of amides is 1. The highest BCUT2D eigenvalue weighted by molar-refractivity contribution is 6.31. The summed E-state index contributed by atoms with van der Waals surface area (Å²) in [6.45, 7) is 1.83. The van der Waals surface area contributed by atoms with Crippen LogP contribution in [0.3, 0.4) is 0 Å². The van der Waals surface area contributed by atoms with Gasteiger partial charge in [-0.05, 0) is 37.3 Å². The Morgan fingerprint density at radius 2 is 1.89 bits per heavy atom. The molecule has 136 valence electrons. The fraction of sp³-hybridized carbons (Fsp3) is 0.105. The zero-order chi connectivity index (χ0) is 19.0. The Balaban J connectivity index is 1.77. The fourth-order valence-corrected chi connectivity index (χ4v) is 3.47. The molecule has 2 heterocycles. The first-order valence-electron chi connectivity index (χ1n) is 8.23. The molecular formula is C19H15Cl2N5O. The summed E-state index contributed by atoms with van der Waals surface area (Å²) in [7, 11) is 0. The Morgan fingerprint density at radius 3 is 2.63 bits per heavy atom. The van der Waals surface area contributed by atoms with Gasteiger partial charge in [0, 0.05) is 27.0 Å². The van der Waals surface area contributed by atoms with Crippen molar-refractivity contribution >= 4 is 40.7 Å². The third kappa shape index (κ3) is 3.29. The van der Waals surface area contributed by atoms with E-state index < -0.39 is 6.04 Å². The van der Waals surface area contributed by atoms with Crippen molar-refractivity contribution in [2.75, 3.05) is 10.6 Å². The van der Waals surface area contributed by atoms with E-state index in [1.807, 2.05) is 25.1 Å². The number of halogens is 2. The van der Waals surface area contributed by atoms with Crippen molar-refractivity contribution in [3.63, 3.8) is 0 Å². The van der Waals surface area contributed by atoms with E-state index in [0.717, 1.165) is 5.56 Å². The van der Waals surface area contributed by atoms with Gasteiger partial charge in [-0.1, -0.05) is 41.4 Å². The first kappa shape index (κ1) is 17.6. The minimum absolute atomic E-state index is 0.256. The lowest BCUT2D eigenvalue weighted by atomic mass is 9.95. The highest BCUT2D eigenvalue weighted by Crippen LogP contribution is 2.37. The number of benzene rings is 2. The van der Waals surface area contributed by atoms with Crippen molar-refractivity contribution in [2.45, 2.75) is 13.0 Å². The van der Waals surface area contributed by atoms with Gasteiger partial charge in [-0.2, -0.15) is 10.1 Å². The Morgan fingerprint density at radius 1 is 1.15 bits per heavy atom. The lowest BCUT2D eigenvalue weighted by molar-refractivity contribution is -0.113. The second kappa shape index (κ2) is 7.06. The van der Waals surface area contributed by atoms with Crippen LogP contribution in [0.2, 0.25) is 10.0 Å². The van der Waals surface area contributed by atoms with Gasteiger partial charge in [-0.25, -0.2) is 4.68 Å². The molecule has 0 saturated carbocycles. The molecule has 1 atom stereocenters. The highest BCUT2D eigenvalue weighted by atomic mass is 35.5. The number of fused-ring (bicyclic) bond motifs is 1. The molecule has 1 unspecified atom stereocenters. The van der Waals surface area contributed by atoms with Crippen LogP contribution in [-0.4, -0.2) is 20.7 Å². The van der Waals surface area contributed by atoms with Crippen molar-refractivity contribution in [1.82, 2.24) is 14.8 Å². The van der Waals surface area contributed by atoms with Gasteiger partial charge >= 0.3 is 0 Å². The molecular weight excluding hydrogens is 385 g/mol. The zero-order valence-electron chi connectivity index (χ0n) is 14.3. The number of hydrogen-bond donors (Lipinski definition) is 2. The van der Waals surface area contributed by atoms with Crippen LogP contribution in [0.4, 0.5) is 11.6 Å². The average molecular weight is 400 g/mol. The minimum atomic E-state index is -0.496. The maximum Gasteiger partial charge on any atom is 0.255 e. The molecule has 0 radical (unpaired) electrons. The maximum absolute atomic E-state index is 13.1. The molecule has 1 aromatic heterocycles. The van der Waals surface area contributed by atoms with E-state index in [1.165, 1.54) is 6.33 Å². The molecule has 4 rings (SSSR count). The molecule has 2 N–H and O–H groups in total. The second-order valence-electron chi connectivity index (χ2n) is 6.08. The second-order valence-corrected chi connectivity index (χ2v) is 6.92. The van der Waals surface area contributed by atoms with Crippen molar-refractivity contribution in [3.05, 3.63) is 81.7 Å². The van der Waals surface area contributed by atoms with Crippen LogP contribution in [0.1, 0.15) is 18.5 Å². The van der Waals surface area contributed by atoms with Crippen molar-refractivity contribution in [3.8, 4) is 0 Å². The van der Waals surface area contributed by atoms with Crippen molar-refractivity contribution < 1.29 is 4.79 Å². The molecule has 3 aromatic rings. The molecule has 27 heavy (non-hydrogen) atoms. The third-order valence-corrected chi connectivity index (χ3v) is 4.94. The lowest BCUT2D eigenvalue weighted by Gasteiger charge is -2.29. The molecule has 0 spiro atoms. The van der Waals surface area contributed by atoms with E-state index in [1.54, 1.807) is 35.0 Å². The Hall–Kier alpha value is -2.83. The Kier molecular flexibility index (Phi) is 4.59. The van der Waals surface area contributed by atoms with Gasteiger partial charge in [0.15, 0.2) is 0 Å². The number of carbonyl (C=O) groups excluding carboxylic acids is 1. The van der Waals surface area contributed by atoms with Gasteiger partial charge in [-0.15, -0.1) is 0 Å². The van der Waals surface area contributed by atoms with Gasteiger partial charge in [-0.3, -0.25) is 4.79 Å². The summed E-state index contributed by atoms with van der Waals surface area (Å²) >= 11 is 12.4. The summed E-state index contributed by atoms with van der Waals surface area (Å²) in [4.78, 5) is 17.4. The standard InChI is InChI=1S/C19H15Cl2N5O/c1-11-16(18(27)25-13-8-6-12(20)7-9-13)17(14-4-2-3-5-15(14)21)26-19(24-11)22-10-23-26/h2-10,17H,1H3,(H,25,27)(H,22,23,24). The normalized spacial score (nSPS) is 15.9. The molecule has 1 amide bonds.